The van der Waals surface area contributed by atoms with Gasteiger partial charge in [0.05, 0.1) is 0 Å². The van der Waals surface area contributed by atoms with E-state index in [1.807, 2.05) is 43.3 Å². The highest BCUT2D eigenvalue weighted by molar-refractivity contribution is 5.87. The van der Waals surface area contributed by atoms with Crippen LogP contribution in [0.25, 0.3) is 10.9 Å². The predicted octanol–water partition coefficient (Wildman–Crippen LogP) is 3.77. The normalized spacial score (nSPS) is 10.9. The van der Waals surface area contributed by atoms with Crippen LogP contribution < -0.4 is 0 Å². The number of rotatable bonds is 2. The zero-order valence-corrected chi connectivity index (χ0v) is 10.3. The molecule has 0 aliphatic rings. The van der Waals surface area contributed by atoms with E-state index in [9.17, 15) is 5.11 Å². The molecule has 3 aromatic rings. The highest BCUT2D eigenvalue weighted by Gasteiger charge is 2.08. The first-order valence-corrected chi connectivity index (χ1v) is 6.08. The topological polar surface area (TPSA) is 36.0 Å². The number of fused-ring (bicyclic) bond motifs is 1. The van der Waals surface area contributed by atoms with Gasteiger partial charge in [0, 0.05) is 23.0 Å². The quantitative estimate of drug-likeness (QED) is 0.699. The van der Waals surface area contributed by atoms with Crippen LogP contribution in [0, 0.1) is 6.92 Å². The van der Waals surface area contributed by atoms with Crippen LogP contribution in [0.1, 0.15) is 16.8 Å². The van der Waals surface area contributed by atoms with E-state index in [1.54, 1.807) is 0 Å². The minimum absolute atomic E-state index is 0.390. The molecule has 2 nitrogen and oxygen atoms in total. The van der Waals surface area contributed by atoms with E-state index in [4.69, 9.17) is 0 Å². The first kappa shape index (κ1) is 10.9. The van der Waals surface area contributed by atoms with Crippen LogP contribution in [0.5, 0.6) is 5.75 Å². The summed E-state index contributed by atoms with van der Waals surface area (Å²) in [6.45, 7) is 2.00. The summed E-state index contributed by atoms with van der Waals surface area (Å²) in [6, 6.07) is 16.2. The number of aromatic amines is 1. The number of hydrogen-bond acceptors (Lipinski definition) is 1. The van der Waals surface area contributed by atoms with E-state index in [0.29, 0.717) is 5.75 Å². The van der Waals surface area contributed by atoms with E-state index in [1.165, 1.54) is 5.56 Å². The summed E-state index contributed by atoms with van der Waals surface area (Å²) in [5.74, 6) is 0.390. The van der Waals surface area contributed by atoms with Gasteiger partial charge in [0.1, 0.15) is 5.75 Å². The Bertz CT molecular complexity index is 683. The van der Waals surface area contributed by atoms with Crippen LogP contribution in [0.4, 0.5) is 0 Å². The van der Waals surface area contributed by atoms with Crippen molar-refractivity contribution in [3.63, 3.8) is 0 Å². The van der Waals surface area contributed by atoms with Gasteiger partial charge in [0.25, 0.3) is 0 Å². The second-order valence-corrected chi connectivity index (χ2v) is 4.65. The molecule has 1 heterocycles. The van der Waals surface area contributed by atoms with Crippen molar-refractivity contribution in [2.75, 3.05) is 0 Å². The maximum absolute atomic E-state index is 10.3. The summed E-state index contributed by atoms with van der Waals surface area (Å²) >= 11 is 0. The first-order valence-electron chi connectivity index (χ1n) is 6.08. The fraction of sp³-hybridized carbons (Fsp3) is 0.125. The number of nitrogens with one attached hydrogen (secondary N) is 1. The van der Waals surface area contributed by atoms with E-state index < -0.39 is 0 Å². The van der Waals surface area contributed by atoms with Crippen molar-refractivity contribution in [2.45, 2.75) is 13.3 Å². The molecule has 0 aliphatic carbocycles. The van der Waals surface area contributed by atoms with Crippen molar-refractivity contribution in [1.29, 1.82) is 0 Å². The molecular formula is C16H15NO. The lowest BCUT2D eigenvalue weighted by atomic mass is 10.0. The van der Waals surface area contributed by atoms with Gasteiger partial charge in [-0.2, -0.15) is 0 Å². The molecule has 18 heavy (non-hydrogen) atoms. The highest BCUT2D eigenvalue weighted by Crippen LogP contribution is 2.30. The predicted molar refractivity (Wildman–Crippen MR) is 73.9 cm³/mol. The molecule has 3 rings (SSSR count). The first-order chi connectivity index (χ1) is 8.74. The van der Waals surface area contributed by atoms with Gasteiger partial charge in [0.15, 0.2) is 0 Å². The van der Waals surface area contributed by atoms with Crippen molar-refractivity contribution in [2.24, 2.45) is 0 Å². The third-order valence-electron chi connectivity index (χ3n) is 3.23. The molecular weight excluding hydrogens is 222 g/mol. The lowest BCUT2D eigenvalue weighted by Gasteiger charge is -2.05. The van der Waals surface area contributed by atoms with Gasteiger partial charge in [-0.15, -0.1) is 0 Å². The van der Waals surface area contributed by atoms with Gasteiger partial charge in [-0.05, 0) is 30.2 Å². The summed E-state index contributed by atoms with van der Waals surface area (Å²) < 4.78 is 0. The molecule has 2 N–H and O–H groups in total. The Hall–Kier alpha value is -2.22. The van der Waals surface area contributed by atoms with Gasteiger partial charge in [-0.1, -0.05) is 36.4 Å². The number of benzene rings is 2. The number of hydrogen-bond donors (Lipinski definition) is 2. The van der Waals surface area contributed by atoms with Crippen LogP contribution in [-0.4, -0.2) is 10.1 Å². The van der Waals surface area contributed by atoms with Crippen LogP contribution >= 0.6 is 0 Å². The summed E-state index contributed by atoms with van der Waals surface area (Å²) in [6.07, 6.45) is 0.757. The Morgan fingerprint density at radius 3 is 2.61 bits per heavy atom. The number of phenols is 1. The largest absolute Gasteiger partial charge is 0.507 e. The van der Waals surface area contributed by atoms with Gasteiger partial charge in [-0.3, -0.25) is 0 Å². The molecule has 1 aromatic heterocycles. The van der Waals surface area contributed by atoms with E-state index in [-0.39, 0.29) is 0 Å². The van der Waals surface area contributed by atoms with Crippen molar-refractivity contribution in [3.05, 3.63) is 65.4 Å². The van der Waals surface area contributed by atoms with Crippen LogP contribution in [0.15, 0.2) is 48.5 Å². The van der Waals surface area contributed by atoms with Crippen molar-refractivity contribution < 1.29 is 5.11 Å². The van der Waals surface area contributed by atoms with E-state index in [2.05, 4.69) is 17.1 Å². The van der Waals surface area contributed by atoms with E-state index >= 15 is 0 Å². The molecule has 2 heteroatoms. The molecule has 0 bridgehead atoms. The highest BCUT2D eigenvalue weighted by atomic mass is 16.3. The Morgan fingerprint density at radius 2 is 1.83 bits per heavy atom. The third kappa shape index (κ3) is 1.86. The summed E-state index contributed by atoms with van der Waals surface area (Å²) in [5, 5.41) is 11.2. The van der Waals surface area contributed by atoms with Gasteiger partial charge >= 0.3 is 0 Å². The molecule has 0 radical (unpaired) electrons. The molecule has 90 valence electrons. The zero-order chi connectivity index (χ0) is 12.5. The van der Waals surface area contributed by atoms with Crippen molar-refractivity contribution in [3.8, 4) is 5.75 Å². The molecule has 0 amide bonds. The Labute approximate surface area is 106 Å². The number of H-pyrrole nitrogens is 1. The van der Waals surface area contributed by atoms with Crippen LogP contribution in [0.2, 0.25) is 0 Å². The lowest BCUT2D eigenvalue weighted by Crippen LogP contribution is -1.88. The second-order valence-electron chi connectivity index (χ2n) is 4.65. The van der Waals surface area contributed by atoms with Crippen LogP contribution in [0.3, 0.4) is 0 Å². The Kier molecular flexibility index (Phi) is 2.56. The monoisotopic (exact) mass is 237 g/mol. The van der Waals surface area contributed by atoms with E-state index in [0.717, 1.165) is 28.6 Å². The minimum atomic E-state index is 0.390. The average molecular weight is 237 g/mol. The molecule has 0 saturated carbocycles. The number of phenolic OH excluding ortho intramolecular Hbond substituents is 1. The third-order valence-corrected chi connectivity index (χ3v) is 3.23. The fourth-order valence-electron chi connectivity index (χ4n) is 2.33. The van der Waals surface area contributed by atoms with Gasteiger partial charge in [-0.25, -0.2) is 0 Å². The summed E-state index contributed by atoms with van der Waals surface area (Å²) in [7, 11) is 0. The van der Waals surface area contributed by atoms with Crippen molar-refractivity contribution in [1.82, 2.24) is 4.98 Å². The standard InChI is InChI=1S/C16H15NO/c1-11-9-14-15(17-11)8-7-13(16(14)18)10-12-5-3-2-4-6-12/h2-9,17-18H,10H2,1H3. The molecule has 0 saturated heterocycles. The molecule has 2 aromatic carbocycles. The smallest absolute Gasteiger partial charge is 0.128 e. The molecule has 0 spiro atoms. The molecule has 0 unspecified atom stereocenters. The second kappa shape index (κ2) is 4.22. The number of aryl methyl sites for hydroxylation is 1. The summed E-state index contributed by atoms with van der Waals surface area (Å²) in [5.41, 5.74) is 4.23. The minimum Gasteiger partial charge on any atom is -0.507 e. The Balaban J connectivity index is 2.05. The zero-order valence-electron chi connectivity index (χ0n) is 10.3. The lowest BCUT2D eigenvalue weighted by molar-refractivity contribution is 0.476. The maximum atomic E-state index is 10.3. The van der Waals surface area contributed by atoms with Gasteiger partial charge < -0.3 is 10.1 Å². The summed E-state index contributed by atoms with van der Waals surface area (Å²) in [4.78, 5) is 3.23. The number of aromatic nitrogens is 1. The molecule has 0 aliphatic heterocycles. The number of aromatic hydroxyl groups is 1. The SMILES string of the molecule is Cc1cc2c(O)c(Cc3ccccc3)ccc2[nH]1. The molecule has 0 atom stereocenters. The average Bonchev–Trinajstić information content (AvgIpc) is 2.76. The van der Waals surface area contributed by atoms with Crippen molar-refractivity contribution >= 4 is 10.9 Å². The van der Waals surface area contributed by atoms with Gasteiger partial charge in [0.2, 0.25) is 0 Å². The molecule has 0 fully saturated rings. The Morgan fingerprint density at radius 1 is 1.06 bits per heavy atom. The fourth-order valence-corrected chi connectivity index (χ4v) is 2.33. The van der Waals surface area contributed by atoms with Crippen LogP contribution in [-0.2, 0) is 6.42 Å². The maximum Gasteiger partial charge on any atom is 0.128 e.